The number of rotatable bonds is 3. The fraction of sp³-hybridized carbons (Fsp3) is 0.500. The Morgan fingerprint density at radius 3 is 2.83 bits per heavy atom. The molecule has 0 saturated carbocycles. The second-order valence-electron chi connectivity index (χ2n) is 2.28. The lowest BCUT2D eigenvalue weighted by molar-refractivity contribution is 1.03. The smallest absolute Gasteiger partial charge is 0.128 e. The van der Waals surface area contributed by atoms with Gasteiger partial charge in [-0.3, -0.25) is 0 Å². The van der Waals surface area contributed by atoms with Crippen LogP contribution in [0.15, 0.2) is 0 Å². The van der Waals surface area contributed by atoms with Crippen molar-refractivity contribution >= 4 is 23.1 Å². The molecule has 0 spiro atoms. The van der Waals surface area contributed by atoms with Crippen LogP contribution in [0.5, 0.6) is 0 Å². The topological polar surface area (TPSA) is 36.7 Å². The average molecular weight is 198 g/mol. The van der Waals surface area contributed by atoms with Crippen molar-refractivity contribution in [2.75, 3.05) is 6.26 Å². The molecular weight excluding hydrogens is 188 g/mol. The molecule has 0 aliphatic carbocycles. The molecule has 0 unspecified atom stereocenters. The molecule has 12 heavy (non-hydrogen) atoms. The molecule has 1 rings (SSSR count). The Labute approximate surface area is 80.6 Å². The van der Waals surface area contributed by atoms with Crippen molar-refractivity contribution in [1.29, 1.82) is 5.26 Å². The third-order valence-corrected chi connectivity index (χ3v) is 3.19. The van der Waals surface area contributed by atoms with Crippen molar-refractivity contribution in [3.05, 3.63) is 15.6 Å². The largest absolute Gasteiger partial charge is 0.244 e. The summed E-state index contributed by atoms with van der Waals surface area (Å²) in [7, 11) is 0. The lowest BCUT2D eigenvalue weighted by atomic mass is 10.3. The zero-order valence-electron chi connectivity index (χ0n) is 7.13. The van der Waals surface area contributed by atoms with Gasteiger partial charge in [-0.2, -0.15) is 17.0 Å². The molecule has 0 saturated heterocycles. The lowest BCUT2D eigenvalue weighted by Gasteiger charge is -1.87. The Hall–Kier alpha value is -0.530. The molecule has 0 radical (unpaired) electrons. The first-order valence-corrected chi connectivity index (χ1v) is 5.90. The van der Waals surface area contributed by atoms with Gasteiger partial charge in [-0.25, -0.2) is 4.98 Å². The molecule has 0 N–H and O–H groups in total. The van der Waals surface area contributed by atoms with Crippen LogP contribution >= 0.6 is 23.1 Å². The van der Waals surface area contributed by atoms with Crippen molar-refractivity contribution in [3.63, 3.8) is 0 Å². The number of thioether (sulfide) groups is 1. The second-order valence-corrected chi connectivity index (χ2v) is 4.23. The second kappa shape index (κ2) is 4.48. The highest BCUT2D eigenvalue weighted by atomic mass is 32.2. The van der Waals surface area contributed by atoms with Gasteiger partial charge >= 0.3 is 0 Å². The standard InChI is InChI=1S/C8H10N2S2/c1-3-6-7(4-9)12-8(10-6)5-11-2/h3,5H2,1-2H3. The summed E-state index contributed by atoms with van der Waals surface area (Å²) in [5, 5.41) is 9.81. The van der Waals surface area contributed by atoms with Gasteiger partial charge in [0.15, 0.2) is 0 Å². The van der Waals surface area contributed by atoms with Gasteiger partial charge in [0.25, 0.3) is 0 Å². The van der Waals surface area contributed by atoms with E-state index in [4.69, 9.17) is 5.26 Å². The van der Waals surface area contributed by atoms with Crippen LogP contribution in [-0.2, 0) is 12.2 Å². The maximum Gasteiger partial charge on any atom is 0.128 e. The third-order valence-electron chi connectivity index (χ3n) is 1.45. The van der Waals surface area contributed by atoms with Gasteiger partial charge in [0.05, 0.1) is 5.69 Å². The van der Waals surface area contributed by atoms with Crippen molar-refractivity contribution in [2.45, 2.75) is 19.1 Å². The highest BCUT2D eigenvalue weighted by molar-refractivity contribution is 7.97. The third kappa shape index (κ3) is 1.99. The summed E-state index contributed by atoms with van der Waals surface area (Å²) in [5.41, 5.74) is 0.951. The van der Waals surface area contributed by atoms with Gasteiger partial charge < -0.3 is 0 Å². The van der Waals surface area contributed by atoms with E-state index in [1.165, 1.54) is 11.3 Å². The molecule has 0 atom stereocenters. The summed E-state index contributed by atoms with van der Waals surface area (Å²) in [6, 6.07) is 2.17. The Bertz CT molecular complexity index is 298. The molecule has 1 aromatic rings. The van der Waals surface area contributed by atoms with E-state index in [0.717, 1.165) is 27.8 Å². The maximum atomic E-state index is 8.74. The Morgan fingerprint density at radius 2 is 2.42 bits per heavy atom. The monoisotopic (exact) mass is 198 g/mol. The minimum Gasteiger partial charge on any atom is -0.244 e. The summed E-state index contributed by atoms with van der Waals surface area (Å²) in [6.07, 6.45) is 2.90. The number of aryl methyl sites for hydroxylation is 1. The molecule has 0 amide bonds. The molecule has 0 aliphatic rings. The molecule has 0 fully saturated rings. The predicted octanol–water partition coefficient (Wildman–Crippen LogP) is 2.44. The summed E-state index contributed by atoms with van der Waals surface area (Å²) in [5.74, 6) is 0.916. The fourth-order valence-corrected chi connectivity index (χ4v) is 2.56. The Kier molecular flexibility index (Phi) is 3.57. The van der Waals surface area contributed by atoms with Crippen molar-refractivity contribution in [3.8, 4) is 6.07 Å². The van der Waals surface area contributed by atoms with Crippen molar-refractivity contribution < 1.29 is 0 Å². The van der Waals surface area contributed by atoms with Gasteiger partial charge in [-0.1, -0.05) is 6.92 Å². The maximum absolute atomic E-state index is 8.74. The van der Waals surface area contributed by atoms with Crippen LogP contribution in [-0.4, -0.2) is 11.2 Å². The van der Waals surface area contributed by atoms with Crippen LogP contribution in [0.1, 0.15) is 22.5 Å². The number of hydrogen-bond donors (Lipinski definition) is 0. The normalized spacial score (nSPS) is 9.75. The van der Waals surface area contributed by atoms with E-state index in [1.807, 2.05) is 13.2 Å². The molecule has 1 aromatic heterocycles. The van der Waals surface area contributed by atoms with Gasteiger partial charge in [-0.15, -0.1) is 11.3 Å². The van der Waals surface area contributed by atoms with Crippen LogP contribution < -0.4 is 0 Å². The van der Waals surface area contributed by atoms with E-state index in [0.29, 0.717) is 0 Å². The number of hydrogen-bond acceptors (Lipinski definition) is 4. The van der Waals surface area contributed by atoms with Gasteiger partial charge in [0, 0.05) is 5.75 Å². The van der Waals surface area contributed by atoms with Gasteiger partial charge in [0.2, 0.25) is 0 Å². The minimum atomic E-state index is 0.779. The van der Waals surface area contributed by atoms with Gasteiger partial charge in [0.1, 0.15) is 16.0 Å². The van der Waals surface area contributed by atoms with Gasteiger partial charge in [-0.05, 0) is 12.7 Å². The zero-order chi connectivity index (χ0) is 8.97. The van der Waals surface area contributed by atoms with Crippen LogP contribution in [0.3, 0.4) is 0 Å². The molecule has 0 bridgehead atoms. The van der Waals surface area contributed by atoms with Crippen molar-refractivity contribution in [2.24, 2.45) is 0 Å². The quantitative estimate of drug-likeness (QED) is 0.748. The molecule has 1 heterocycles. The predicted molar refractivity (Wildman–Crippen MR) is 53.4 cm³/mol. The summed E-state index contributed by atoms with van der Waals surface area (Å²) in [6.45, 7) is 2.03. The average Bonchev–Trinajstić information content (AvgIpc) is 2.48. The van der Waals surface area contributed by atoms with E-state index >= 15 is 0 Å². The Morgan fingerprint density at radius 1 is 1.67 bits per heavy atom. The number of thiazole rings is 1. The van der Waals surface area contributed by atoms with Crippen LogP contribution in [0, 0.1) is 11.3 Å². The summed E-state index contributed by atoms with van der Waals surface area (Å²) >= 11 is 3.25. The van der Waals surface area contributed by atoms with Crippen LogP contribution in [0.4, 0.5) is 0 Å². The van der Waals surface area contributed by atoms with E-state index in [-0.39, 0.29) is 0 Å². The first-order chi connectivity index (χ1) is 5.81. The minimum absolute atomic E-state index is 0.779. The number of aromatic nitrogens is 1. The van der Waals surface area contributed by atoms with Crippen LogP contribution in [0.25, 0.3) is 0 Å². The SMILES string of the molecule is CCc1nc(CSC)sc1C#N. The first-order valence-electron chi connectivity index (χ1n) is 3.69. The summed E-state index contributed by atoms with van der Waals surface area (Å²) in [4.78, 5) is 5.14. The molecule has 64 valence electrons. The fourth-order valence-electron chi connectivity index (χ4n) is 0.913. The van der Waals surface area contributed by atoms with E-state index in [1.54, 1.807) is 11.8 Å². The van der Waals surface area contributed by atoms with Crippen molar-refractivity contribution in [1.82, 2.24) is 4.98 Å². The number of nitriles is 1. The molecule has 0 aromatic carbocycles. The highest BCUT2D eigenvalue weighted by Crippen LogP contribution is 2.21. The number of nitrogens with zero attached hydrogens (tertiary/aromatic N) is 2. The molecule has 2 nitrogen and oxygen atoms in total. The summed E-state index contributed by atoms with van der Waals surface area (Å²) < 4.78 is 0. The molecule has 0 aliphatic heterocycles. The van der Waals surface area contributed by atoms with E-state index < -0.39 is 0 Å². The lowest BCUT2D eigenvalue weighted by Crippen LogP contribution is -1.84. The van der Waals surface area contributed by atoms with Crippen LogP contribution in [0.2, 0.25) is 0 Å². The first kappa shape index (κ1) is 9.56. The molecular formula is C8H10N2S2. The van der Waals surface area contributed by atoms with E-state index in [9.17, 15) is 0 Å². The highest BCUT2D eigenvalue weighted by Gasteiger charge is 2.07. The Balaban J connectivity index is 2.91. The molecule has 4 heteroatoms. The zero-order valence-corrected chi connectivity index (χ0v) is 8.76. The van der Waals surface area contributed by atoms with E-state index in [2.05, 4.69) is 11.1 Å².